The summed E-state index contributed by atoms with van der Waals surface area (Å²) < 4.78 is 31.8. The van der Waals surface area contributed by atoms with Crippen LogP contribution in [0.15, 0.2) is 6.07 Å². The van der Waals surface area contributed by atoms with Crippen molar-refractivity contribution in [2.24, 2.45) is 0 Å². The summed E-state index contributed by atoms with van der Waals surface area (Å²) in [5, 5.41) is 2.10. The number of benzene rings is 1. The molecular formula is C12H14F2N2O3. The van der Waals surface area contributed by atoms with E-state index in [2.05, 4.69) is 5.32 Å². The van der Waals surface area contributed by atoms with Gasteiger partial charge in [0.1, 0.15) is 11.4 Å². The van der Waals surface area contributed by atoms with Crippen LogP contribution in [0.2, 0.25) is 0 Å². The number of halogens is 2. The number of hydrogen-bond donors (Lipinski definition) is 2. The lowest BCUT2D eigenvalue weighted by atomic mass is 10.1. The Morgan fingerprint density at radius 2 is 1.89 bits per heavy atom. The molecule has 5 nitrogen and oxygen atoms in total. The number of nitrogens with two attached hydrogens (primary N) is 1. The van der Waals surface area contributed by atoms with E-state index < -0.39 is 46.6 Å². The molecule has 0 aliphatic rings. The number of carbonyl (C=O) groups excluding carboxylic acids is 2. The lowest BCUT2D eigenvalue weighted by Gasteiger charge is -2.15. The van der Waals surface area contributed by atoms with Crippen molar-refractivity contribution in [1.82, 2.24) is 0 Å². The van der Waals surface area contributed by atoms with Crippen molar-refractivity contribution in [3.63, 3.8) is 0 Å². The Morgan fingerprint density at radius 1 is 1.32 bits per heavy atom. The zero-order chi connectivity index (χ0) is 14.7. The molecule has 1 aromatic rings. The van der Waals surface area contributed by atoms with Gasteiger partial charge in [-0.1, -0.05) is 0 Å². The number of nitrogens with one attached hydrogen (secondary N) is 1. The zero-order valence-electron chi connectivity index (χ0n) is 10.7. The maximum Gasteiger partial charge on any atom is 0.342 e. The summed E-state index contributed by atoms with van der Waals surface area (Å²) in [5.74, 6) is -3.82. The molecule has 0 aromatic heterocycles. The van der Waals surface area contributed by atoms with E-state index in [0.717, 1.165) is 6.92 Å². The Balaban J connectivity index is 3.40. The molecule has 0 heterocycles. The standard InChI is InChI=1S/C12H14F2N2O3/c1-5(2)19-12(18)9-10(15)7(13)4-8(14)11(9)16-6(3)17/h4-5H,15H2,1-3H3,(H,16,17). The molecule has 0 radical (unpaired) electrons. The molecule has 104 valence electrons. The molecule has 0 atom stereocenters. The van der Waals surface area contributed by atoms with E-state index in [9.17, 15) is 18.4 Å². The average Bonchev–Trinajstić information content (AvgIpc) is 2.24. The number of rotatable bonds is 3. The number of esters is 1. The summed E-state index contributed by atoms with van der Waals surface area (Å²) in [6, 6.07) is 0.493. The van der Waals surface area contributed by atoms with Gasteiger partial charge in [-0.05, 0) is 13.8 Å². The molecule has 0 saturated carbocycles. The predicted molar refractivity (Wildman–Crippen MR) is 65.6 cm³/mol. The molecule has 0 fully saturated rings. The van der Waals surface area contributed by atoms with Crippen molar-refractivity contribution < 1.29 is 23.1 Å². The van der Waals surface area contributed by atoms with Crippen LogP contribution in [0.25, 0.3) is 0 Å². The fourth-order valence-corrected chi connectivity index (χ4v) is 1.42. The summed E-state index contributed by atoms with van der Waals surface area (Å²) in [5.41, 5.74) is 3.82. The molecule has 0 unspecified atom stereocenters. The highest BCUT2D eigenvalue weighted by Gasteiger charge is 2.25. The molecule has 0 aliphatic heterocycles. The summed E-state index contributed by atoms with van der Waals surface area (Å²) in [7, 11) is 0. The predicted octanol–water partition coefficient (Wildman–Crippen LogP) is 2.07. The van der Waals surface area contributed by atoms with Crippen molar-refractivity contribution in [3.8, 4) is 0 Å². The van der Waals surface area contributed by atoms with Gasteiger partial charge in [0.15, 0.2) is 5.82 Å². The van der Waals surface area contributed by atoms with E-state index in [0.29, 0.717) is 6.07 Å². The second-order valence-corrected chi connectivity index (χ2v) is 4.14. The molecule has 19 heavy (non-hydrogen) atoms. The van der Waals surface area contributed by atoms with Crippen LogP contribution in [0.1, 0.15) is 31.1 Å². The van der Waals surface area contributed by atoms with Crippen LogP contribution in [0, 0.1) is 11.6 Å². The van der Waals surface area contributed by atoms with Gasteiger partial charge in [-0.15, -0.1) is 0 Å². The zero-order valence-corrected chi connectivity index (χ0v) is 10.7. The van der Waals surface area contributed by atoms with Gasteiger partial charge in [0.2, 0.25) is 5.91 Å². The van der Waals surface area contributed by atoms with Crippen molar-refractivity contribution in [3.05, 3.63) is 23.3 Å². The highest BCUT2D eigenvalue weighted by molar-refractivity contribution is 6.05. The van der Waals surface area contributed by atoms with Gasteiger partial charge in [0, 0.05) is 13.0 Å². The number of carbonyl (C=O) groups is 2. The van der Waals surface area contributed by atoms with E-state index in [1.165, 1.54) is 0 Å². The molecule has 0 aliphatic carbocycles. The Kier molecular flexibility index (Phi) is 4.42. The maximum absolute atomic E-state index is 13.6. The Hall–Kier alpha value is -2.18. The van der Waals surface area contributed by atoms with Gasteiger partial charge in [0.25, 0.3) is 0 Å². The largest absolute Gasteiger partial charge is 0.459 e. The third kappa shape index (κ3) is 3.40. The number of anilines is 2. The average molecular weight is 272 g/mol. The summed E-state index contributed by atoms with van der Waals surface area (Å²) in [6.07, 6.45) is -0.497. The molecule has 1 amide bonds. The first kappa shape index (κ1) is 14.9. The van der Waals surface area contributed by atoms with Gasteiger partial charge in [-0.25, -0.2) is 13.6 Å². The number of amides is 1. The number of ether oxygens (including phenoxy) is 1. The highest BCUT2D eigenvalue weighted by Crippen LogP contribution is 2.29. The lowest BCUT2D eigenvalue weighted by Crippen LogP contribution is -2.19. The van der Waals surface area contributed by atoms with Crippen LogP contribution in [0.4, 0.5) is 20.2 Å². The van der Waals surface area contributed by atoms with Crippen LogP contribution >= 0.6 is 0 Å². The second kappa shape index (κ2) is 5.64. The van der Waals surface area contributed by atoms with Crippen LogP contribution < -0.4 is 11.1 Å². The molecule has 0 spiro atoms. The SMILES string of the molecule is CC(=O)Nc1c(F)cc(F)c(N)c1C(=O)OC(C)C. The topological polar surface area (TPSA) is 81.4 Å². The molecule has 0 saturated heterocycles. The second-order valence-electron chi connectivity index (χ2n) is 4.14. The Labute approximate surface area is 108 Å². The number of nitrogen functional groups attached to an aromatic ring is 1. The van der Waals surface area contributed by atoms with Gasteiger partial charge < -0.3 is 15.8 Å². The van der Waals surface area contributed by atoms with Crippen LogP contribution in [0.3, 0.4) is 0 Å². The fraction of sp³-hybridized carbons (Fsp3) is 0.333. The summed E-state index contributed by atoms with van der Waals surface area (Å²) in [4.78, 5) is 22.8. The summed E-state index contributed by atoms with van der Waals surface area (Å²) in [6.45, 7) is 4.26. The van der Waals surface area contributed by atoms with Crippen molar-refractivity contribution in [2.75, 3.05) is 11.1 Å². The van der Waals surface area contributed by atoms with E-state index >= 15 is 0 Å². The van der Waals surface area contributed by atoms with Crippen LogP contribution in [0.5, 0.6) is 0 Å². The van der Waals surface area contributed by atoms with E-state index in [1.807, 2.05) is 0 Å². The Bertz CT molecular complexity index is 530. The monoisotopic (exact) mass is 272 g/mol. The van der Waals surface area contributed by atoms with Crippen LogP contribution in [-0.4, -0.2) is 18.0 Å². The number of hydrogen-bond acceptors (Lipinski definition) is 4. The minimum Gasteiger partial charge on any atom is -0.459 e. The van der Waals surface area contributed by atoms with Gasteiger partial charge >= 0.3 is 5.97 Å². The first-order valence-electron chi connectivity index (χ1n) is 5.50. The van der Waals surface area contributed by atoms with Crippen molar-refractivity contribution in [1.29, 1.82) is 0 Å². The third-order valence-electron chi connectivity index (χ3n) is 2.12. The molecule has 1 aromatic carbocycles. The smallest absolute Gasteiger partial charge is 0.342 e. The van der Waals surface area contributed by atoms with E-state index in [-0.39, 0.29) is 0 Å². The fourth-order valence-electron chi connectivity index (χ4n) is 1.42. The first-order valence-corrected chi connectivity index (χ1v) is 5.50. The molecular weight excluding hydrogens is 258 g/mol. The minimum absolute atomic E-state index is 0.489. The van der Waals surface area contributed by atoms with Crippen molar-refractivity contribution in [2.45, 2.75) is 26.9 Å². The van der Waals surface area contributed by atoms with Crippen LogP contribution in [-0.2, 0) is 9.53 Å². The molecule has 7 heteroatoms. The highest BCUT2D eigenvalue weighted by atomic mass is 19.1. The van der Waals surface area contributed by atoms with Gasteiger partial charge in [-0.3, -0.25) is 4.79 Å². The Morgan fingerprint density at radius 3 is 2.37 bits per heavy atom. The first-order chi connectivity index (χ1) is 8.73. The quantitative estimate of drug-likeness (QED) is 0.652. The third-order valence-corrected chi connectivity index (χ3v) is 2.12. The van der Waals surface area contributed by atoms with Gasteiger partial charge in [-0.2, -0.15) is 0 Å². The lowest BCUT2D eigenvalue weighted by molar-refractivity contribution is -0.114. The molecule has 1 rings (SSSR count). The summed E-state index contributed by atoms with van der Waals surface area (Å²) >= 11 is 0. The maximum atomic E-state index is 13.6. The van der Waals surface area contributed by atoms with E-state index in [1.54, 1.807) is 13.8 Å². The molecule has 0 bridgehead atoms. The van der Waals surface area contributed by atoms with Crippen molar-refractivity contribution >= 4 is 23.3 Å². The minimum atomic E-state index is -1.10. The van der Waals surface area contributed by atoms with Gasteiger partial charge in [0.05, 0.1) is 17.5 Å². The normalized spacial score (nSPS) is 10.4. The van der Waals surface area contributed by atoms with E-state index in [4.69, 9.17) is 10.5 Å². The molecule has 3 N–H and O–H groups in total.